The van der Waals surface area contributed by atoms with Crippen LogP contribution in [-0.2, 0) is 6.42 Å². The summed E-state index contributed by atoms with van der Waals surface area (Å²) in [6.07, 6.45) is 2.05. The molecule has 0 spiro atoms. The maximum Gasteiger partial charge on any atom is 0.128 e. The van der Waals surface area contributed by atoms with Crippen molar-refractivity contribution in [1.29, 1.82) is 0 Å². The molecule has 14 heavy (non-hydrogen) atoms. The van der Waals surface area contributed by atoms with Crippen LogP contribution in [0.15, 0.2) is 18.2 Å². The Hall–Kier alpha value is -0.890. The Balaban J connectivity index is 2.11. The van der Waals surface area contributed by atoms with Gasteiger partial charge in [-0.1, -0.05) is 19.1 Å². The van der Waals surface area contributed by atoms with Gasteiger partial charge in [0.1, 0.15) is 5.82 Å². The van der Waals surface area contributed by atoms with Gasteiger partial charge in [0.15, 0.2) is 0 Å². The molecule has 1 N–H and O–H groups in total. The summed E-state index contributed by atoms with van der Waals surface area (Å²) in [7, 11) is 0. The van der Waals surface area contributed by atoms with E-state index in [1.54, 1.807) is 12.1 Å². The van der Waals surface area contributed by atoms with Crippen molar-refractivity contribution in [2.75, 3.05) is 0 Å². The molecule has 1 aliphatic carbocycles. The van der Waals surface area contributed by atoms with Crippen LogP contribution in [0.4, 0.5) is 4.39 Å². The SMILES string of the molecule is CCC(C)NC1Cc2cccc(F)c21. The third-order valence-electron chi connectivity index (χ3n) is 3.01. The van der Waals surface area contributed by atoms with Gasteiger partial charge < -0.3 is 5.32 Å². The highest BCUT2D eigenvalue weighted by Crippen LogP contribution is 2.35. The van der Waals surface area contributed by atoms with Gasteiger partial charge in [-0.25, -0.2) is 4.39 Å². The predicted octanol–water partition coefficient (Wildman–Crippen LogP) is 2.81. The fraction of sp³-hybridized carbons (Fsp3) is 0.500. The van der Waals surface area contributed by atoms with Crippen LogP contribution in [0.3, 0.4) is 0 Å². The Morgan fingerprint density at radius 3 is 3.00 bits per heavy atom. The van der Waals surface area contributed by atoms with Crippen molar-refractivity contribution < 1.29 is 4.39 Å². The van der Waals surface area contributed by atoms with Gasteiger partial charge in [-0.05, 0) is 31.4 Å². The lowest BCUT2D eigenvalue weighted by Crippen LogP contribution is -2.37. The molecule has 1 nitrogen and oxygen atoms in total. The molecule has 76 valence electrons. The number of halogens is 1. The zero-order valence-electron chi connectivity index (χ0n) is 8.68. The van der Waals surface area contributed by atoms with Gasteiger partial charge >= 0.3 is 0 Å². The predicted molar refractivity (Wildman–Crippen MR) is 55.7 cm³/mol. The first-order valence-electron chi connectivity index (χ1n) is 5.25. The van der Waals surface area contributed by atoms with Crippen LogP contribution in [-0.4, -0.2) is 6.04 Å². The van der Waals surface area contributed by atoms with Crippen LogP contribution in [0.5, 0.6) is 0 Å². The van der Waals surface area contributed by atoms with E-state index in [1.807, 2.05) is 6.07 Å². The minimum atomic E-state index is -0.0606. The molecule has 0 aliphatic heterocycles. The van der Waals surface area contributed by atoms with Crippen LogP contribution >= 0.6 is 0 Å². The molecule has 1 aliphatic rings. The number of fused-ring (bicyclic) bond motifs is 1. The highest BCUT2D eigenvalue weighted by molar-refractivity contribution is 5.40. The van der Waals surface area contributed by atoms with Crippen molar-refractivity contribution in [3.05, 3.63) is 35.1 Å². The Labute approximate surface area is 84.3 Å². The second kappa shape index (κ2) is 3.70. The third-order valence-corrected chi connectivity index (χ3v) is 3.01. The number of nitrogens with one attached hydrogen (secondary N) is 1. The van der Waals surface area contributed by atoms with E-state index in [0.717, 1.165) is 24.0 Å². The fourth-order valence-electron chi connectivity index (χ4n) is 1.94. The van der Waals surface area contributed by atoms with Gasteiger partial charge in [0.05, 0.1) is 0 Å². The van der Waals surface area contributed by atoms with E-state index in [1.165, 1.54) is 0 Å². The molecule has 1 aromatic rings. The molecule has 0 aromatic heterocycles. The van der Waals surface area contributed by atoms with Gasteiger partial charge in [-0.3, -0.25) is 0 Å². The average Bonchev–Trinajstić information content (AvgIpc) is 2.13. The molecule has 0 heterocycles. The molecule has 2 heteroatoms. The minimum Gasteiger partial charge on any atom is -0.307 e. The summed E-state index contributed by atoms with van der Waals surface area (Å²) in [5.74, 6) is -0.0606. The molecular weight excluding hydrogens is 177 g/mol. The van der Waals surface area contributed by atoms with Crippen LogP contribution in [0.2, 0.25) is 0 Å². The second-order valence-corrected chi connectivity index (χ2v) is 4.05. The first kappa shape index (κ1) is 9.66. The molecule has 2 atom stereocenters. The summed E-state index contributed by atoms with van der Waals surface area (Å²) in [6.45, 7) is 4.28. The molecule has 0 radical (unpaired) electrons. The van der Waals surface area contributed by atoms with Crippen LogP contribution < -0.4 is 5.32 Å². The molecule has 0 amide bonds. The van der Waals surface area contributed by atoms with Crippen molar-refractivity contribution in [2.45, 2.75) is 38.8 Å². The molecule has 2 rings (SSSR count). The third kappa shape index (κ3) is 1.55. The average molecular weight is 193 g/mol. The minimum absolute atomic E-state index is 0.0606. The second-order valence-electron chi connectivity index (χ2n) is 4.05. The maximum absolute atomic E-state index is 13.4. The number of hydrogen-bond donors (Lipinski definition) is 1. The monoisotopic (exact) mass is 193 g/mol. The van der Waals surface area contributed by atoms with Crippen molar-refractivity contribution in [3.63, 3.8) is 0 Å². The Morgan fingerprint density at radius 2 is 2.36 bits per heavy atom. The normalized spacial score (nSPS) is 21.2. The van der Waals surface area contributed by atoms with Crippen LogP contribution in [0.25, 0.3) is 0 Å². The highest BCUT2D eigenvalue weighted by Gasteiger charge is 2.29. The summed E-state index contributed by atoms with van der Waals surface area (Å²) in [5, 5.41) is 3.42. The van der Waals surface area contributed by atoms with Crippen molar-refractivity contribution in [1.82, 2.24) is 5.32 Å². The van der Waals surface area contributed by atoms with E-state index < -0.39 is 0 Å². The highest BCUT2D eigenvalue weighted by atomic mass is 19.1. The van der Waals surface area contributed by atoms with Crippen molar-refractivity contribution in [3.8, 4) is 0 Å². The van der Waals surface area contributed by atoms with Crippen LogP contribution in [0, 0.1) is 5.82 Å². The zero-order valence-corrected chi connectivity index (χ0v) is 8.68. The molecule has 2 unspecified atom stereocenters. The number of rotatable bonds is 3. The van der Waals surface area contributed by atoms with E-state index in [0.29, 0.717) is 6.04 Å². The standard InChI is InChI=1S/C12H16FN/c1-3-8(2)14-11-7-9-5-4-6-10(13)12(9)11/h4-6,8,11,14H,3,7H2,1-2H3. The van der Waals surface area contributed by atoms with E-state index in [4.69, 9.17) is 0 Å². The lowest BCUT2D eigenvalue weighted by molar-refractivity contribution is 0.395. The van der Waals surface area contributed by atoms with Gasteiger partial charge in [-0.2, -0.15) is 0 Å². The van der Waals surface area contributed by atoms with E-state index >= 15 is 0 Å². The largest absolute Gasteiger partial charge is 0.307 e. The lowest BCUT2D eigenvalue weighted by atomic mass is 9.82. The summed E-state index contributed by atoms with van der Waals surface area (Å²) in [6, 6.07) is 6.04. The number of benzene rings is 1. The Morgan fingerprint density at radius 1 is 1.57 bits per heavy atom. The fourth-order valence-corrected chi connectivity index (χ4v) is 1.94. The van der Waals surface area contributed by atoms with E-state index in [9.17, 15) is 4.39 Å². The topological polar surface area (TPSA) is 12.0 Å². The molecule has 0 saturated carbocycles. The molecule has 0 bridgehead atoms. The van der Waals surface area contributed by atoms with Gasteiger partial charge in [0, 0.05) is 17.6 Å². The number of hydrogen-bond acceptors (Lipinski definition) is 1. The zero-order chi connectivity index (χ0) is 10.1. The smallest absolute Gasteiger partial charge is 0.128 e. The first-order valence-corrected chi connectivity index (χ1v) is 5.25. The summed E-state index contributed by atoms with van der Waals surface area (Å²) >= 11 is 0. The van der Waals surface area contributed by atoms with E-state index in [2.05, 4.69) is 19.2 Å². The molecule has 0 saturated heterocycles. The van der Waals surface area contributed by atoms with Crippen molar-refractivity contribution >= 4 is 0 Å². The Kier molecular flexibility index (Phi) is 2.55. The van der Waals surface area contributed by atoms with Crippen LogP contribution in [0.1, 0.15) is 37.4 Å². The van der Waals surface area contributed by atoms with Gasteiger partial charge in [0.2, 0.25) is 0 Å². The summed E-state index contributed by atoms with van der Waals surface area (Å²) < 4.78 is 13.4. The van der Waals surface area contributed by atoms with Gasteiger partial charge in [-0.15, -0.1) is 0 Å². The molecular formula is C12H16FN. The first-order chi connectivity index (χ1) is 6.72. The Bertz CT molecular complexity index is 321. The van der Waals surface area contributed by atoms with Gasteiger partial charge in [0.25, 0.3) is 0 Å². The lowest BCUT2D eigenvalue weighted by Gasteiger charge is -2.33. The molecule has 0 fully saturated rings. The summed E-state index contributed by atoms with van der Waals surface area (Å²) in [5.41, 5.74) is 2.04. The maximum atomic E-state index is 13.4. The van der Waals surface area contributed by atoms with E-state index in [-0.39, 0.29) is 11.9 Å². The quantitative estimate of drug-likeness (QED) is 0.778. The summed E-state index contributed by atoms with van der Waals surface area (Å²) in [4.78, 5) is 0. The van der Waals surface area contributed by atoms with Crippen molar-refractivity contribution in [2.24, 2.45) is 0 Å². The molecule has 1 aromatic carbocycles.